The van der Waals surface area contributed by atoms with Crippen LogP contribution in [-0.2, 0) is 12.6 Å². The Morgan fingerprint density at radius 2 is 1.89 bits per heavy atom. The van der Waals surface area contributed by atoms with Gasteiger partial charge in [0.1, 0.15) is 0 Å². The largest absolute Gasteiger partial charge is 0.416 e. The number of halogens is 3. The summed E-state index contributed by atoms with van der Waals surface area (Å²) >= 11 is 1.51. The molecule has 1 unspecified atom stereocenters. The van der Waals surface area contributed by atoms with E-state index in [1.54, 1.807) is 0 Å². The molecule has 0 aliphatic rings. The number of alkyl halides is 3. The lowest BCUT2D eigenvalue weighted by Crippen LogP contribution is -2.14. The molecular weight excluding hydrogens is 273 g/mol. The molecule has 6 heteroatoms. The van der Waals surface area contributed by atoms with Crippen molar-refractivity contribution in [3.63, 3.8) is 0 Å². The van der Waals surface area contributed by atoms with E-state index in [2.05, 4.69) is 4.98 Å². The van der Waals surface area contributed by atoms with Crippen LogP contribution in [0.15, 0.2) is 29.6 Å². The summed E-state index contributed by atoms with van der Waals surface area (Å²) in [5.41, 5.74) is 6.93. The lowest BCUT2D eigenvalue weighted by Gasteiger charge is -2.12. The van der Waals surface area contributed by atoms with Gasteiger partial charge in [-0.2, -0.15) is 13.2 Å². The minimum Gasteiger partial charge on any atom is -0.324 e. The Balaban J connectivity index is 2.09. The second-order valence-electron chi connectivity index (χ2n) is 4.31. The summed E-state index contributed by atoms with van der Waals surface area (Å²) in [5, 5.41) is 2.82. The molecule has 0 radical (unpaired) electrons. The van der Waals surface area contributed by atoms with E-state index in [0.29, 0.717) is 12.0 Å². The zero-order valence-electron chi connectivity index (χ0n) is 10.2. The molecule has 102 valence electrons. The smallest absolute Gasteiger partial charge is 0.324 e. The average molecular weight is 286 g/mol. The van der Waals surface area contributed by atoms with Gasteiger partial charge in [0.2, 0.25) is 0 Å². The molecule has 2 rings (SSSR count). The van der Waals surface area contributed by atoms with E-state index in [1.807, 2.05) is 12.3 Å². The van der Waals surface area contributed by atoms with E-state index in [0.717, 1.165) is 22.8 Å². The molecule has 0 spiro atoms. The van der Waals surface area contributed by atoms with Gasteiger partial charge >= 0.3 is 6.18 Å². The minimum atomic E-state index is -4.31. The number of thiazole rings is 1. The number of rotatable bonds is 3. The monoisotopic (exact) mass is 286 g/mol. The van der Waals surface area contributed by atoms with Gasteiger partial charge in [-0.05, 0) is 24.6 Å². The molecule has 2 aromatic rings. The van der Waals surface area contributed by atoms with E-state index < -0.39 is 11.7 Å². The fourth-order valence-electron chi connectivity index (χ4n) is 1.72. The molecule has 0 bridgehead atoms. The fourth-order valence-corrected chi connectivity index (χ4v) is 2.55. The molecule has 2 N–H and O–H groups in total. The summed E-state index contributed by atoms with van der Waals surface area (Å²) in [4.78, 5) is 4.29. The number of nitrogens with two attached hydrogens (primary N) is 1. The van der Waals surface area contributed by atoms with Gasteiger partial charge in [0.15, 0.2) is 0 Å². The Bertz CT molecular complexity index is 546. The first-order valence-corrected chi connectivity index (χ1v) is 6.58. The van der Waals surface area contributed by atoms with E-state index >= 15 is 0 Å². The van der Waals surface area contributed by atoms with Crippen molar-refractivity contribution >= 4 is 11.3 Å². The van der Waals surface area contributed by atoms with Crippen molar-refractivity contribution in [2.24, 2.45) is 5.73 Å². The summed E-state index contributed by atoms with van der Waals surface area (Å²) in [7, 11) is 0. The zero-order valence-corrected chi connectivity index (χ0v) is 11.1. The summed E-state index contributed by atoms with van der Waals surface area (Å²) in [5.74, 6) is 0. The molecule has 1 aromatic heterocycles. The third-order valence-corrected chi connectivity index (χ3v) is 3.72. The van der Waals surface area contributed by atoms with Crippen LogP contribution >= 0.6 is 11.3 Å². The lowest BCUT2D eigenvalue weighted by molar-refractivity contribution is -0.137. The molecule has 1 heterocycles. The molecule has 1 aromatic carbocycles. The summed E-state index contributed by atoms with van der Waals surface area (Å²) in [6, 6.07) is 4.62. The summed E-state index contributed by atoms with van der Waals surface area (Å²) in [6.45, 7) is 1.89. The first-order valence-electron chi connectivity index (χ1n) is 5.70. The number of aromatic nitrogens is 1. The molecule has 0 saturated heterocycles. The van der Waals surface area contributed by atoms with Crippen molar-refractivity contribution < 1.29 is 13.2 Å². The highest BCUT2D eigenvalue weighted by Gasteiger charge is 2.30. The Kier molecular flexibility index (Phi) is 3.91. The van der Waals surface area contributed by atoms with E-state index in [-0.39, 0.29) is 6.04 Å². The molecule has 19 heavy (non-hydrogen) atoms. The van der Waals surface area contributed by atoms with Crippen LogP contribution in [0.5, 0.6) is 0 Å². The van der Waals surface area contributed by atoms with Crippen molar-refractivity contribution in [1.29, 1.82) is 0 Å². The average Bonchev–Trinajstić information content (AvgIpc) is 2.74. The molecule has 0 amide bonds. The first kappa shape index (κ1) is 14.0. The van der Waals surface area contributed by atoms with Crippen LogP contribution in [0.25, 0.3) is 0 Å². The van der Waals surface area contributed by atoms with Crippen LogP contribution in [-0.4, -0.2) is 4.98 Å². The maximum atomic E-state index is 12.4. The van der Waals surface area contributed by atoms with Crippen LogP contribution in [0.1, 0.15) is 27.9 Å². The molecular formula is C13H13F3N2S. The third kappa shape index (κ3) is 3.54. The van der Waals surface area contributed by atoms with Crippen molar-refractivity contribution in [2.45, 2.75) is 25.6 Å². The van der Waals surface area contributed by atoms with Crippen LogP contribution in [0.2, 0.25) is 0 Å². The maximum Gasteiger partial charge on any atom is 0.416 e. The highest BCUT2D eigenvalue weighted by molar-refractivity contribution is 7.09. The van der Waals surface area contributed by atoms with E-state index in [1.165, 1.54) is 23.5 Å². The minimum absolute atomic E-state index is 0.340. The van der Waals surface area contributed by atoms with Gasteiger partial charge < -0.3 is 5.73 Å². The predicted molar refractivity (Wildman–Crippen MR) is 68.9 cm³/mol. The molecule has 0 aliphatic carbocycles. The van der Waals surface area contributed by atoms with Gasteiger partial charge in [-0.3, -0.25) is 0 Å². The van der Waals surface area contributed by atoms with E-state index in [4.69, 9.17) is 5.73 Å². The Labute approximate surface area is 113 Å². The normalized spacial score (nSPS) is 13.5. The van der Waals surface area contributed by atoms with Crippen LogP contribution in [0.3, 0.4) is 0 Å². The second kappa shape index (κ2) is 5.30. The molecule has 0 saturated carbocycles. The number of hydrogen-bond acceptors (Lipinski definition) is 3. The molecule has 0 aliphatic heterocycles. The third-order valence-electron chi connectivity index (χ3n) is 2.73. The van der Waals surface area contributed by atoms with E-state index in [9.17, 15) is 13.2 Å². The van der Waals surface area contributed by atoms with Gasteiger partial charge in [-0.25, -0.2) is 4.98 Å². The first-order chi connectivity index (χ1) is 8.86. The SMILES string of the molecule is Cc1csc(CC(N)c2ccc(C(F)(F)F)cc2)n1. The van der Waals surface area contributed by atoms with Crippen LogP contribution in [0.4, 0.5) is 13.2 Å². The highest BCUT2D eigenvalue weighted by Crippen LogP contribution is 2.30. The van der Waals surface area contributed by atoms with Crippen molar-refractivity contribution in [2.75, 3.05) is 0 Å². The highest BCUT2D eigenvalue weighted by atomic mass is 32.1. The van der Waals surface area contributed by atoms with Crippen molar-refractivity contribution in [1.82, 2.24) is 4.98 Å². The number of benzene rings is 1. The van der Waals surface area contributed by atoms with Gasteiger partial charge in [0, 0.05) is 23.5 Å². The quantitative estimate of drug-likeness (QED) is 0.934. The van der Waals surface area contributed by atoms with Crippen molar-refractivity contribution in [3.8, 4) is 0 Å². The van der Waals surface area contributed by atoms with Gasteiger partial charge in [-0.1, -0.05) is 12.1 Å². The Hall–Kier alpha value is -1.40. The predicted octanol–water partition coefficient (Wildman–Crippen LogP) is 3.71. The summed E-state index contributed by atoms with van der Waals surface area (Å²) < 4.78 is 37.3. The number of aryl methyl sites for hydroxylation is 1. The van der Waals surface area contributed by atoms with Gasteiger partial charge in [0.25, 0.3) is 0 Å². The standard InChI is InChI=1S/C13H13F3N2S/c1-8-7-19-12(18-8)6-11(17)9-2-4-10(5-3-9)13(14,15)16/h2-5,7,11H,6,17H2,1H3. The van der Waals surface area contributed by atoms with Crippen LogP contribution < -0.4 is 5.73 Å². The lowest BCUT2D eigenvalue weighted by atomic mass is 10.0. The topological polar surface area (TPSA) is 38.9 Å². The maximum absolute atomic E-state index is 12.4. The number of hydrogen-bond donors (Lipinski definition) is 1. The zero-order chi connectivity index (χ0) is 14.0. The van der Waals surface area contributed by atoms with Gasteiger partial charge in [-0.15, -0.1) is 11.3 Å². The molecule has 0 fully saturated rings. The van der Waals surface area contributed by atoms with Gasteiger partial charge in [0.05, 0.1) is 10.6 Å². The van der Waals surface area contributed by atoms with Crippen molar-refractivity contribution in [3.05, 3.63) is 51.5 Å². The molecule has 1 atom stereocenters. The Morgan fingerprint density at radius 1 is 1.26 bits per heavy atom. The second-order valence-corrected chi connectivity index (χ2v) is 5.26. The van der Waals surface area contributed by atoms with Crippen LogP contribution in [0, 0.1) is 6.92 Å². The fraction of sp³-hybridized carbons (Fsp3) is 0.308. The summed E-state index contributed by atoms with van der Waals surface area (Å²) in [6.07, 6.45) is -3.78. The number of nitrogens with zero attached hydrogens (tertiary/aromatic N) is 1. The Morgan fingerprint density at radius 3 is 2.37 bits per heavy atom. The molecule has 2 nitrogen and oxygen atoms in total.